The van der Waals surface area contributed by atoms with Gasteiger partial charge in [0.2, 0.25) is 17.6 Å². The monoisotopic (exact) mass is 440 g/mol. The molecule has 0 aromatic heterocycles. The van der Waals surface area contributed by atoms with Crippen molar-refractivity contribution >= 4 is 35.3 Å². The lowest BCUT2D eigenvalue weighted by Gasteiger charge is -2.36. The van der Waals surface area contributed by atoms with Gasteiger partial charge in [-0.2, -0.15) is 0 Å². The summed E-state index contributed by atoms with van der Waals surface area (Å²) in [5.41, 5.74) is 4.68. The van der Waals surface area contributed by atoms with Gasteiger partial charge >= 0.3 is 0 Å². The number of likely N-dealkylation sites (tertiary alicyclic amines) is 1. The second-order valence-electron chi connectivity index (χ2n) is 10.8. The number of primary amides is 1. The van der Waals surface area contributed by atoms with Crippen molar-refractivity contribution in [3.8, 4) is 0 Å². The van der Waals surface area contributed by atoms with E-state index in [1.165, 1.54) is 0 Å². The standard InChI is InChI=1S/C21H33ClN4O4/c1-20(2,3)16(25-22)19(30)26-9-11-13(21(11,4)5)14(26)18(29)24-12(8-10-6-7-10)15(27)17(23)28/h10-14,16,25H,6-9H2,1-5H3,(H2,23,28)(H,24,29)/t11-,12?,13-,14-,16+/m0/s1. The van der Waals surface area contributed by atoms with E-state index >= 15 is 0 Å². The van der Waals surface area contributed by atoms with Crippen LogP contribution in [0.3, 0.4) is 0 Å². The SMILES string of the molecule is CC(C)(C)[C@H](NCl)C(=O)N1C[C@H]2[C@@H]([C@H]1C(=O)NC(CC1CC1)C(=O)C(N)=O)C2(C)C. The van der Waals surface area contributed by atoms with E-state index < -0.39 is 41.1 Å². The van der Waals surface area contributed by atoms with Crippen LogP contribution in [0.5, 0.6) is 0 Å². The van der Waals surface area contributed by atoms with Crippen molar-refractivity contribution in [2.24, 2.45) is 34.3 Å². The lowest BCUT2D eigenvalue weighted by Crippen LogP contribution is -2.59. The molecule has 8 nitrogen and oxygen atoms in total. The quantitative estimate of drug-likeness (QED) is 0.383. The van der Waals surface area contributed by atoms with Crippen LogP contribution >= 0.6 is 11.8 Å². The Morgan fingerprint density at radius 1 is 1.20 bits per heavy atom. The summed E-state index contributed by atoms with van der Waals surface area (Å²) in [7, 11) is 0. The molecular formula is C21H33ClN4O4. The van der Waals surface area contributed by atoms with Crippen molar-refractivity contribution in [3.05, 3.63) is 0 Å². The molecule has 9 heteroatoms. The molecule has 0 aromatic rings. The molecule has 0 aromatic carbocycles. The van der Waals surface area contributed by atoms with Gasteiger partial charge < -0.3 is 16.0 Å². The summed E-state index contributed by atoms with van der Waals surface area (Å²) >= 11 is 5.89. The zero-order valence-electron chi connectivity index (χ0n) is 18.3. The van der Waals surface area contributed by atoms with Gasteiger partial charge in [0.05, 0.1) is 6.04 Å². The van der Waals surface area contributed by atoms with E-state index in [-0.39, 0.29) is 23.2 Å². The zero-order chi connectivity index (χ0) is 22.6. The predicted molar refractivity (Wildman–Crippen MR) is 112 cm³/mol. The van der Waals surface area contributed by atoms with E-state index in [0.29, 0.717) is 18.9 Å². The Hall–Kier alpha value is -1.67. The fraction of sp³-hybridized carbons (Fsp3) is 0.810. The maximum absolute atomic E-state index is 13.3. The lowest BCUT2D eigenvalue weighted by atomic mass is 9.86. The Balaban J connectivity index is 1.81. The smallest absolute Gasteiger partial charge is 0.287 e. The molecule has 0 radical (unpaired) electrons. The van der Waals surface area contributed by atoms with Gasteiger partial charge in [0.1, 0.15) is 12.1 Å². The molecule has 3 fully saturated rings. The number of ketones is 1. The molecule has 3 rings (SSSR count). The largest absolute Gasteiger partial charge is 0.363 e. The average Bonchev–Trinajstić information content (AvgIpc) is 3.46. The normalized spacial score (nSPS) is 29.0. The fourth-order valence-corrected chi connectivity index (χ4v) is 5.33. The van der Waals surface area contributed by atoms with Crippen molar-refractivity contribution in [3.63, 3.8) is 0 Å². The third kappa shape index (κ3) is 4.21. The number of hydrogen-bond donors (Lipinski definition) is 3. The Bertz CT molecular complexity index is 759. The summed E-state index contributed by atoms with van der Waals surface area (Å²) < 4.78 is 0. The number of nitrogens with two attached hydrogens (primary N) is 1. The minimum atomic E-state index is -1.05. The highest BCUT2D eigenvalue weighted by Crippen LogP contribution is 2.65. The molecule has 3 aliphatic rings. The third-order valence-electron chi connectivity index (χ3n) is 7.12. The Kier molecular flexibility index (Phi) is 5.97. The van der Waals surface area contributed by atoms with E-state index in [1.807, 2.05) is 20.8 Å². The number of rotatable bonds is 8. The molecule has 1 heterocycles. The number of Topliss-reactive ketones (excluding diaryl/α,β-unsaturated/α-hetero) is 1. The molecule has 1 saturated heterocycles. The number of nitrogens with one attached hydrogen (secondary N) is 2. The first kappa shape index (κ1) is 23.0. The van der Waals surface area contributed by atoms with E-state index in [2.05, 4.69) is 24.0 Å². The van der Waals surface area contributed by atoms with Crippen molar-refractivity contribution in [1.29, 1.82) is 0 Å². The summed E-state index contributed by atoms with van der Waals surface area (Å²) in [6.07, 6.45) is 2.34. The first-order valence-electron chi connectivity index (χ1n) is 10.6. The molecule has 0 spiro atoms. The van der Waals surface area contributed by atoms with Crippen LogP contribution in [0.1, 0.15) is 53.9 Å². The number of amides is 3. The van der Waals surface area contributed by atoms with Gasteiger partial charge in [-0.1, -0.05) is 47.5 Å². The first-order chi connectivity index (χ1) is 13.8. The average molecular weight is 441 g/mol. The number of fused-ring (bicyclic) bond motifs is 1. The molecule has 168 valence electrons. The molecule has 1 aliphatic heterocycles. The number of carbonyl (C=O) groups is 4. The third-order valence-corrected chi connectivity index (χ3v) is 7.34. The second kappa shape index (κ2) is 7.79. The summed E-state index contributed by atoms with van der Waals surface area (Å²) in [4.78, 5) is 54.5. The van der Waals surface area contributed by atoms with Gasteiger partial charge in [-0.3, -0.25) is 19.2 Å². The molecule has 2 aliphatic carbocycles. The van der Waals surface area contributed by atoms with Crippen LogP contribution in [0.25, 0.3) is 0 Å². The second-order valence-corrected chi connectivity index (χ2v) is 11.0. The van der Waals surface area contributed by atoms with Gasteiger partial charge in [-0.05, 0) is 46.8 Å². The minimum Gasteiger partial charge on any atom is -0.363 e. The highest BCUT2D eigenvalue weighted by atomic mass is 35.5. The lowest BCUT2D eigenvalue weighted by molar-refractivity contribution is -0.145. The molecular weight excluding hydrogens is 408 g/mol. The molecule has 0 bridgehead atoms. The summed E-state index contributed by atoms with van der Waals surface area (Å²) in [5, 5.41) is 2.75. The maximum atomic E-state index is 13.3. The van der Waals surface area contributed by atoms with E-state index in [9.17, 15) is 19.2 Å². The van der Waals surface area contributed by atoms with Crippen molar-refractivity contribution in [1.82, 2.24) is 15.1 Å². The van der Waals surface area contributed by atoms with Crippen LogP contribution in [-0.4, -0.2) is 53.1 Å². The Labute approximate surface area is 182 Å². The van der Waals surface area contributed by atoms with Gasteiger partial charge in [0.15, 0.2) is 0 Å². The molecule has 5 atom stereocenters. The summed E-state index contributed by atoms with van der Waals surface area (Å²) in [6, 6.07) is -2.30. The number of halogens is 1. The number of carbonyl (C=O) groups excluding carboxylic acids is 4. The number of nitrogens with zero attached hydrogens (tertiary/aromatic N) is 1. The number of hydrogen-bond acceptors (Lipinski definition) is 5. The van der Waals surface area contributed by atoms with Crippen LogP contribution in [0.15, 0.2) is 0 Å². The van der Waals surface area contributed by atoms with Crippen molar-refractivity contribution < 1.29 is 19.2 Å². The van der Waals surface area contributed by atoms with Crippen molar-refractivity contribution in [2.45, 2.75) is 72.0 Å². The fourth-order valence-electron chi connectivity index (χ4n) is 4.91. The maximum Gasteiger partial charge on any atom is 0.287 e. The van der Waals surface area contributed by atoms with Crippen LogP contribution in [-0.2, 0) is 19.2 Å². The highest BCUT2D eigenvalue weighted by molar-refractivity contribution is 6.37. The number of piperidine rings is 1. The van der Waals surface area contributed by atoms with Crippen LogP contribution in [0.4, 0.5) is 0 Å². The van der Waals surface area contributed by atoms with Gasteiger partial charge in [-0.15, -0.1) is 0 Å². The van der Waals surface area contributed by atoms with E-state index in [4.69, 9.17) is 17.5 Å². The predicted octanol–water partition coefficient (Wildman–Crippen LogP) is 0.967. The first-order valence-corrected chi connectivity index (χ1v) is 11.0. The van der Waals surface area contributed by atoms with Crippen molar-refractivity contribution in [2.75, 3.05) is 6.54 Å². The summed E-state index contributed by atoms with van der Waals surface area (Å²) in [6.45, 7) is 10.3. The topological polar surface area (TPSA) is 122 Å². The summed E-state index contributed by atoms with van der Waals surface area (Å²) in [5.74, 6) is -1.94. The highest BCUT2D eigenvalue weighted by Gasteiger charge is 2.69. The molecule has 3 amide bonds. The molecule has 30 heavy (non-hydrogen) atoms. The van der Waals surface area contributed by atoms with Gasteiger partial charge in [-0.25, -0.2) is 4.84 Å². The zero-order valence-corrected chi connectivity index (χ0v) is 19.1. The van der Waals surface area contributed by atoms with Gasteiger partial charge in [0.25, 0.3) is 5.91 Å². The van der Waals surface area contributed by atoms with Crippen LogP contribution in [0, 0.1) is 28.6 Å². The van der Waals surface area contributed by atoms with Crippen LogP contribution < -0.4 is 15.9 Å². The molecule has 2 saturated carbocycles. The Morgan fingerprint density at radius 2 is 1.80 bits per heavy atom. The molecule has 4 N–H and O–H groups in total. The van der Waals surface area contributed by atoms with Gasteiger partial charge in [0, 0.05) is 6.54 Å². The van der Waals surface area contributed by atoms with E-state index in [1.54, 1.807) is 4.90 Å². The van der Waals surface area contributed by atoms with Crippen LogP contribution in [0.2, 0.25) is 0 Å². The van der Waals surface area contributed by atoms with E-state index in [0.717, 1.165) is 12.8 Å². The molecule has 1 unspecified atom stereocenters. The minimum absolute atomic E-state index is 0.00245. The Morgan fingerprint density at radius 3 is 2.27 bits per heavy atom.